The molecule has 1 N–H and O–H groups in total. The van der Waals surface area contributed by atoms with Gasteiger partial charge in [-0.2, -0.15) is 5.26 Å². The van der Waals surface area contributed by atoms with Crippen molar-refractivity contribution in [2.24, 2.45) is 0 Å². The van der Waals surface area contributed by atoms with E-state index < -0.39 is 0 Å². The van der Waals surface area contributed by atoms with Gasteiger partial charge in [-0.15, -0.1) is 0 Å². The minimum Gasteiger partial charge on any atom is -0.378 e. The van der Waals surface area contributed by atoms with Crippen LogP contribution >= 0.6 is 0 Å². The summed E-state index contributed by atoms with van der Waals surface area (Å²) in [5, 5.41) is 11.5. The number of morpholine rings is 1. The molecule has 1 amide bonds. The minimum atomic E-state index is -0.249. The monoisotopic (exact) mass is 308 g/mol. The molecule has 6 nitrogen and oxygen atoms in total. The van der Waals surface area contributed by atoms with E-state index in [1.807, 2.05) is 12.1 Å². The maximum absolute atomic E-state index is 12.1. The Hall–Kier alpha value is -2.91. The summed E-state index contributed by atoms with van der Waals surface area (Å²) in [6.07, 6.45) is 1.75. The molecule has 2 heterocycles. The molecule has 0 spiro atoms. The third-order valence-electron chi connectivity index (χ3n) is 3.64. The summed E-state index contributed by atoms with van der Waals surface area (Å²) in [6, 6.07) is 12.2. The van der Waals surface area contributed by atoms with Crippen molar-refractivity contribution in [1.82, 2.24) is 4.98 Å². The number of carbonyl (C=O) groups excluding carboxylic acids is 1. The summed E-state index contributed by atoms with van der Waals surface area (Å²) in [5.74, 6) is 0.248. The van der Waals surface area contributed by atoms with Gasteiger partial charge in [-0.3, -0.25) is 4.79 Å². The van der Waals surface area contributed by atoms with E-state index >= 15 is 0 Å². The largest absolute Gasteiger partial charge is 0.378 e. The van der Waals surface area contributed by atoms with Crippen molar-refractivity contribution in [2.45, 2.75) is 0 Å². The molecule has 0 unspecified atom stereocenters. The quantitative estimate of drug-likeness (QED) is 0.939. The van der Waals surface area contributed by atoms with Crippen LogP contribution in [0.4, 0.5) is 11.5 Å². The molecule has 1 aromatic carbocycles. The third-order valence-corrected chi connectivity index (χ3v) is 3.64. The molecular weight excluding hydrogens is 292 g/mol. The predicted molar refractivity (Wildman–Crippen MR) is 86.4 cm³/mol. The van der Waals surface area contributed by atoms with Gasteiger partial charge < -0.3 is 15.0 Å². The summed E-state index contributed by atoms with van der Waals surface area (Å²) in [5.41, 5.74) is 2.03. The number of nitrogens with one attached hydrogen (secondary N) is 1. The van der Waals surface area contributed by atoms with Crippen molar-refractivity contribution in [1.29, 1.82) is 5.26 Å². The lowest BCUT2D eigenvalue weighted by Crippen LogP contribution is -2.36. The average molecular weight is 308 g/mol. The molecule has 1 saturated heterocycles. The lowest BCUT2D eigenvalue weighted by Gasteiger charge is -2.28. The number of nitriles is 1. The molecule has 0 radical (unpaired) electrons. The SMILES string of the molecule is N#Cc1ccc(C(=O)Nc2ccc(N3CCOCC3)cn2)cc1. The van der Waals surface area contributed by atoms with Crippen LogP contribution in [0.2, 0.25) is 0 Å². The van der Waals surface area contributed by atoms with Gasteiger partial charge in [0.25, 0.3) is 5.91 Å². The van der Waals surface area contributed by atoms with Gasteiger partial charge >= 0.3 is 0 Å². The summed E-state index contributed by atoms with van der Waals surface area (Å²) in [4.78, 5) is 18.6. The fourth-order valence-corrected chi connectivity index (χ4v) is 2.35. The molecule has 6 heteroatoms. The van der Waals surface area contributed by atoms with Crippen molar-refractivity contribution in [3.63, 3.8) is 0 Å². The summed E-state index contributed by atoms with van der Waals surface area (Å²) in [7, 11) is 0. The van der Waals surface area contributed by atoms with E-state index in [1.54, 1.807) is 36.5 Å². The maximum atomic E-state index is 12.1. The van der Waals surface area contributed by atoms with Gasteiger partial charge in [-0.05, 0) is 36.4 Å². The molecule has 2 aromatic rings. The van der Waals surface area contributed by atoms with E-state index in [0.29, 0.717) is 16.9 Å². The van der Waals surface area contributed by atoms with Gasteiger partial charge in [-0.25, -0.2) is 4.98 Å². The zero-order chi connectivity index (χ0) is 16.1. The number of ether oxygens (including phenoxy) is 1. The topological polar surface area (TPSA) is 78.2 Å². The molecule has 1 aliphatic heterocycles. The number of amides is 1. The van der Waals surface area contributed by atoms with Crippen LogP contribution in [0, 0.1) is 11.3 Å². The first kappa shape index (κ1) is 15.0. The molecule has 0 bridgehead atoms. The molecular formula is C17H16N4O2. The van der Waals surface area contributed by atoms with Gasteiger partial charge in [-0.1, -0.05) is 0 Å². The molecule has 116 valence electrons. The average Bonchev–Trinajstić information content (AvgIpc) is 2.63. The number of rotatable bonds is 3. The molecule has 0 aliphatic carbocycles. The highest BCUT2D eigenvalue weighted by molar-refractivity contribution is 6.03. The van der Waals surface area contributed by atoms with Crippen molar-refractivity contribution >= 4 is 17.4 Å². The van der Waals surface area contributed by atoms with Crippen molar-refractivity contribution in [3.8, 4) is 6.07 Å². The standard InChI is InChI=1S/C17H16N4O2/c18-11-13-1-3-14(4-2-13)17(22)20-16-6-5-15(12-19-16)21-7-9-23-10-8-21/h1-6,12H,7-10H2,(H,19,20,22). The second kappa shape index (κ2) is 6.90. The van der Waals surface area contributed by atoms with Gasteiger partial charge in [0.15, 0.2) is 0 Å². The molecule has 23 heavy (non-hydrogen) atoms. The Morgan fingerprint density at radius 3 is 2.52 bits per heavy atom. The molecule has 1 fully saturated rings. The normalized spacial score (nSPS) is 14.1. The van der Waals surface area contributed by atoms with Crippen LogP contribution in [-0.2, 0) is 4.74 Å². The van der Waals surface area contributed by atoms with E-state index in [-0.39, 0.29) is 5.91 Å². The number of benzene rings is 1. The Kier molecular flexibility index (Phi) is 4.50. The van der Waals surface area contributed by atoms with Gasteiger partial charge in [0, 0.05) is 18.7 Å². The fraction of sp³-hybridized carbons (Fsp3) is 0.235. The first-order chi connectivity index (χ1) is 11.3. The minimum absolute atomic E-state index is 0.249. The Morgan fingerprint density at radius 1 is 1.17 bits per heavy atom. The Bertz CT molecular complexity index is 714. The van der Waals surface area contributed by atoms with Crippen LogP contribution in [0.3, 0.4) is 0 Å². The van der Waals surface area contributed by atoms with Gasteiger partial charge in [0.1, 0.15) is 5.82 Å². The van der Waals surface area contributed by atoms with Crippen molar-refractivity contribution < 1.29 is 9.53 Å². The Morgan fingerprint density at radius 2 is 1.91 bits per heavy atom. The van der Waals surface area contributed by atoms with Crippen LogP contribution in [0.5, 0.6) is 0 Å². The maximum Gasteiger partial charge on any atom is 0.256 e. The van der Waals surface area contributed by atoms with E-state index in [0.717, 1.165) is 32.0 Å². The number of carbonyl (C=O) groups is 1. The number of anilines is 2. The molecule has 0 atom stereocenters. The van der Waals surface area contributed by atoms with E-state index in [2.05, 4.69) is 15.2 Å². The highest BCUT2D eigenvalue weighted by atomic mass is 16.5. The van der Waals surface area contributed by atoms with Crippen LogP contribution in [0.15, 0.2) is 42.6 Å². The predicted octanol–water partition coefficient (Wildman–Crippen LogP) is 2.04. The van der Waals surface area contributed by atoms with Crippen LogP contribution < -0.4 is 10.2 Å². The van der Waals surface area contributed by atoms with Gasteiger partial charge in [0.05, 0.1) is 36.7 Å². The second-order valence-corrected chi connectivity index (χ2v) is 5.14. The summed E-state index contributed by atoms with van der Waals surface area (Å²) in [6.45, 7) is 3.13. The number of hydrogen-bond donors (Lipinski definition) is 1. The molecule has 0 saturated carbocycles. The lowest BCUT2D eigenvalue weighted by molar-refractivity contribution is 0.102. The smallest absolute Gasteiger partial charge is 0.256 e. The molecule has 1 aromatic heterocycles. The third kappa shape index (κ3) is 3.65. The highest BCUT2D eigenvalue weighted by Gasteiger charge is 2.12. The van der Waals surface area contributed by atoms with E-state index in [9.17, 15) is 4.79 Å². The number of nitrogens with zero attached hydrogens (tertiary/aromatic N) is 3. The second-order valence-electron chi connectivity index (χ2n) is 5.14. The number of aromatic nitrogens is 1. The number of hydrogen-bond acceptors (Lipinski definition) is 5. The first-order valence-corrected chi connectivity index (χ1v) is 7.36. The zero-order valence-corrected chi connectivity index (χ0v) is 12.5. The Labute approximate surface area is 134 Å². The fourth-order valence-electron chi connectivity index (χ4n) is 2.35. The summed E-state index contributed by atoms with van der Waals surface area (Å²) < 4.78 is 5.32. The molecule has 3 rings (SSSR count). The first-order valence-electron chi connectivity index (χ1n) is 7.36. The Balaban J connectivity index is 1.65. The van der Waals surface area contributed by atoms with E-state index in [1.165, 1.54) is 0 Å². The lowest BCUT2D eigenvalue weighted by atomic mass is 10.1. The number of pyridine rings is 1. The van der Waals surface area contributed by atoms with Crippen molar-refractivity contribution in [2.75, 3.05) is 36.5 Å². The van der Waals surface area contributed by atoms with E-state index in [4.69, 9.17) is 10.00 Å². The van der Waals surface area contributed by atoms with Crippen LogP contribution in [0.25, 0.3) is 0 Å². The van der Waals surface area contributed by atoms with Crippen LogP contribution in [0.1, 0.15) is 15.9 Å². The summed E-state index contributed by atoms with van der Waals surface area (Å²) >= 11 is 0. The highest BCUT2D eigenvalue weighted by Crippen LogP contribution is 2.17. The molecule has 1 aliphatic rings. The zero-order valence-electron chi connectivity index (χ0n) is 12.5. The van der Waals surface area contributed by atoms with Gasteiger partial charge in [0.2, 0.25) is 0 Å². The van der Waals surface area contributed by atoms with Crippen molar-refractivity contribution in [3.05, 3.63) is 53.7 Å². The van der Waals surface area contributed by atoms with Crippen LogP contribution in [-0.4, -0.2) is 37.2 Å².